The largest absolute Gasteiger partial charge is 0.495 e. The van der Waals surface area contributed by atoms with Crippen LogP contribution in [-0.2, 0) is 0 Å². The van der Waals surface area contributed by atoms with E-state index in [2.05, 4.69) is 0 Å². The molecule has 1 aliphatic heterocycles. The van der Waals surface area contributed by atoms with Gasteiger partial charge in [0.1, 0.15) is 5.75 Å². The number of rotatable bonds is 7. The number of nitrogens with zero attached hydrogens (tertiary/aromatic N) is 1. The van der Waals surface area contributed by atoms with E-state index in [1.807, 2.05) is 56.3 Å². The zero-order valence-corrected chi connectivity index (χ0v) is 16.9. The lowest BCUT2D eigenvalue weighted by molar-refractivity contribution is 0.103. The van der Waals surface area contributed by atoms with Crippen molar-refractivity contribution in [3.05, 3.63) is 47.0 Å². The number of hydrogen-bond acceptors (Lipinski definition) is 6. The number of carbonyl (C=O) groups excluding carboxylic acids is 1. The predicted molar refractivity (Wildman–Crippen MR) is 109 cm³/mol. The summed E-state index contributed by atoms with van der Waals surface area (Å²) in [6.45, 7) is 2.13. The second-order valence-corrected chi connectivity index (χ2v) is 6.59. The van der Waals surface area contributed by atoms with Crippen LogP contribution in [0.2, 0.25) is 0 Å². The van der Waals surface area contributed by atoms with Crippen molar-refractivity contribution in [3.8, 4) is 23.0 Å². The third kappa shape index (κ3) is 3.76. The Balaban J connectivity index is 1.98. The monoisotopic (exact) mass is 383 g/mol. The number of hydrogen-bond donors (Lipinski definition) is 0. The number of ether oxygens (including phenoxy) is 4. The van der Waals surface area contributed by atoms with Crippen LogP contribution in [0, 0.1) is 0 Å². The van der Waals surface area contributed by atoms with E-state index in [4.69, 9.17) is 18.9 Å². The van der Waals surface area contributed by atoms with Gasteiger partial charge in [-0.2, -0.15) is 0 Å². The molecule has 0 saturated carbocycles. The summed E-state index contributed by atoms with van der Waals surface area (Å²) in [5.41, 5.74) is 2.99. The fourth-order valence-corrected chi connectivity index (χ4v) is 3.13. The minimum absolute atomic E-state index is 0.0233. The molecule has 0 fully saturated rings. The lowest BCUT2D eigenvalue weighted by Gasteiger charge is -2.17. The smallest absolute Gasteiger partial charge is 0.231 e. The number of ketones is 1. The molecule has 0 unspecified atom stereocenters. The van der Waals surface area contributed by atoms with Crippen LogP contribution in [0.5, 0.6) is 23.0 Å². The SMILES string of the molecule is CCC(=Cc1cc(OC)c2c(c1)OCO2)C(=O)c1ccc(OC)c(N(C)C)c1. The Morgan fingerprint density at radius 2 is 1.86 bits per heavy atom. The minimum Gasteiger partial charge on any atom is -0.495 e. The van der Waals surface area contributed by atoms with Crippen molar-refractivity contribution in [2.24, 2.45) is 0 Å². The molecule has 2 aromatic carbocycles. The van der Waals surface area contributed by atoms with Gasteiger partial charge < -0.3 is 23.8 Å². The average Bonchev–Trinajstić information content (AvgIpc) is 3.18. The first-order valence-corrected chi connectivity index (χ1v) is 9.06. The van der Waals surface area contributed by atoms with Gasteiger partial charge in [0, 0.05) is 25.2 Å². The molecule has 0 amide bonds. The third-order valence-electron chi connectivity index (χ3n) is 4.62. The van der Waals surface area contributed by atoms with E-state index in [1.165, 1.54) is 0 Å². The van der Waals surface area contributed by atoms with Crippen LogP contribution < -0.4 is 23.8 Å². The predicted octanol–water partition coefficient (Wildman–Crippen LogP) is 4.17. The van der Waals surface area contributed by atoms with Crippen molar-refractivity contribution in [1.82, 2.24) is 0 Å². The lowest BCUT2D eigenvalue weighted by atomic mass is 9.98. The number of anilines is 1. The maximum absolute atomic E-state index is 13.1. The molecule has 0 radical (unpaired) electrons. The Bertz CT molecular complexity index is 917. The van der Waals surface area contributed by atoms with Crippen LogP contribution in [0.3, 0.4) is 0 Å². The van der Waals surface area contributed by atoms with Gasteiger partial charge in [0.25, 0.3) is 0 Å². The zero-order valence-electron chi connectivity index (χ0n) is 16.9. The highest BCUT2D eigenvalue weighted by molar-refractivity contribution is 6.11. The molecule has 0 aliphatic carbocycles. The minimum atomic E-state index is -0.0233. The second kappa shape index (κ2) is 8.25. The normalized spacial score (nSPS) is 12.7. The van der Waals surface area contributed by atoms with Crippen molar-refractivity contribution < 1.29 is 23.7 Å². The molecule has 3 rings (SSSR count). The first-order chi connectivity index (χ1) is 13.5. The Morgan fingerprint density at radius 3 is 2.50 bits per heavy atom. The number of methoxy groups -OCH3 is 2. The Hall–Kier alpha value is -3.15. The fourth-order valence-electron chi connectivity index (χ4n) is 3.13. The Labute approximate surface area is 165 Å². The van der Waals surface area contributed by atoms with Gasteiger partial charge >= 0.3 is 0 Å². The van der Waals surface area contributed by atoms with Gasteiger partial charge in [0.05, 0.1) is 19.9 Å². The summed E-state index contributed by atoms with van der Waals surface area (Å²) < 4.78 is 21.7. The lowest BCUT2D eigenvalue weighted by Crippen LogP contribution is -2.12. The summed E-state index contributed by atoms with van der Waals surface area (Å²) in [7, 11) is 7.04. The van der Waals surface area contributed by atoms with E-state index in [0.717, 1.165) is 17.0 Å². The summed E-state index contributed by atoms with van der Waals surface area (Å²) in [5.74, 6) is 2.50. The average molecular weight is 383 g/mol. The third-order valence-corrected chi connectivity index (χ3v) is 4.62. The number of Topliss-reactive ketones (excluding diaryl/α,β-unsaturated/α-hetero) is 1. The first kappa shape index (κ1) is 19.6. The highest BCUT2D eigenvalue weighted by Gasteiger charge is 2.20. The Morgan fingerprint density at radius 1 is 1.11 bits per heavy atom. The molecule has 0 bridgehead atoms. The van der Waals surface area contributed by atoms with Crippen molar-refractivity contribution in [2.75, 3.05) is 40.0 Å². The fraction of sp³-hybridized carbons (Fsp3) is 0.318. The van der Waals surface area contributed by atoms with Crippen LogP contribution in [0.25, 0.3) is 6.08 Å². The van der Waals surface area contributed by atoms with E-state index < -0.39 is 0 Å². The maximum atomic E-state index is 13.1. The molecule has 6 nitrogen and oxygen atoms in total. The van der Waals surface area contributed by atoms with E-state index in [9.17, 15) is 4.79 Å². The van der Waals surface area contributed by atoms with Gasteiger partial charge in [-0.15, -0.1) is 0 Å². The van der Waals surface area contributed by atoms with Crippen LogP contribution in [-0.4, -0.2) is 40.9 Å². The first-order valence-electron chi connectivity index (χ1n) is 9.06. The van der Waals surface area contributed by atoms with Gasteiger partial charge in [0.15, 0.2) is 17.3 Å². The van der Waals surface area contributed by atoms with Crippen LogP contribution >= 0.6 is 0 Å². The molecule has 6 heteroatoms. The zero-order chi connectivity index (χ0) is 20.3. The van der Waals surface area contributed by atoms with Gasteiger partial charge in [-0.25, -0.2) is 0 Å². The summed E-state index contributed by atoms with van der Waals surface area (Å²) in [4.78, 5) is 15.1. The van der Waals surface area contributed by atoms with Crippen LogP contribution in [0.4, 0.5) is 5.69 Å². The van der Waals surface area contributed by atoms with E-state index >= 15 is 0 Å². The molecule has 0 atom stereocenters. The van der Waals surface area contributed by atoms with Crippen molar-refractivity contribution in [2.45, 2.75) is 13.3 Å². The van der Waals surface area contributed by atoms with E-state index in [-0.39, 0.29) is 12.6 Å². The summed E-state index contributed by atoms with van der Waals surface area (Å²) >= 11 is 0. The number of benzene rings is 2. The molecule has 2 aromatic rings. The molecule has 0 N–H and O–H groups in total. The van der Waals surface area contributed by atoms with Crippen molar-refractivity contribution in [1.29, 1.82) is 0 Å². The van der Waals surface area contributed by atoms with Crippen LogP contribution in [0.15, 0.2) is 35.9 Å². The Kier molecular flexibility index (Phi) is 5.78. The molecular formula is C22H25NO5. The van der Waals surface area contributed by atoms with Crippen molar-refractivity contribution in [3.63, 3.8) is 0 Å². The quantitative estimate of drug-likeness (QED) is 0.528. The number of fused-ring (bicyclic) bond motifs is 1. The van der Waals surface area contributed by atoms with Gasteiger partial charge in [0.2, 0.25) is 12.5 Å². The molecule has 0 aromatic heterocycles. The molecular weight excluding hydrogens is 358 g/mol. The van der Waals surface area contributed by atoms with E-state index in [0.29, 0.717) is 34.8 Å². The highest BCUT2D eigenvalue weighted by atomic mass is 16.7. The molecule has 28 heavy (non-hydrogen) atoms. The molecule has 1 aliphatic rings. The summed E-state index contributed by atoms with van der Waals surface area (Å²) in [6.07, 6.45) is 2.46. The van der Waals surface area contributed by atoms with Crippen LogP contribution in [0.1, 0.15) is 29.3 Å². The molecule has 0 spiro atoms. The van der Waals surface area contributed by atoms with Gasteiger partial charge in [-0.3, -0.25) is 4.79 Å². The topological polar surface area (TPSA) is 57.2 Å². The van der Waals surface area contributed by atoms with Gasteiger partial charge in [-0.05, 0) is 48.4 Å². The molecule has 0 saturated heterocycles. The van der Waals surface area contributed by atoms with Gasteiger partial charge in [-0.1, -0.05) is 6.92 Å². The highest BCUT2D eigenvalue weighted by Crippen LogP contribution is 2.42. The maximum Gasteiger partial charge on any atom is 0.231 e. The molecule has 1 heterocycles. The number of allylic oxidation sites excluding steroid dienone is 1. The second-order valence-electron chi connectivity index (χ2n) is 6.59. The van der Waals surface area contributed by atoms with Crippen molar-refractivity contribution >= 4 is 17.5 Å². The number of carbonyl (C=O) groups is 1. The molecule has 148 valence electrons. The van der Waals surface area contributed by atoms with E-state index in [1.54, 1.807) is 20.3 Å². The summed E-state index contributed by atoms with van der Waals surface area (Å²) in [5, 5.41) is 0. The summed E-state index contributed by atoms with van der Waals surface area (Å²) in [6, 6.07) is 9.16. The standard InChI is InChI=1S/C22H25NO5/c1-6-15(9-14-10-19(26-5)22-20(11-14)27-13-28-22)21(24)16-7-8-18(25-4)17(12-16)23(2)3/h7-12H,6,13H2,1-5H3.